The maximum absolute atomic E-state index is 5.38. The molecule has 0 atom stereocenters. The van der Waals surface area contributed by atoms with Crippen LogP contribution in [0.3, 0.4) is 0 Å². The van der Waals surface area contributed by atoms with Gasteiger partial charge in [-0.05, 0) is 18.9 Å². The van der Waals surface area contributed by atoms with Crippen LogP contribution in [0.2, 0.25) is 0 Å². The predicted molar refractivity (Wildman–Crippen MR) is 80.0 cm³/mol. The molecule has 110 valence electrons. The second-order valence-electron chi connectivity index (χ2n) is 4.97. The average molecular weight is 259 g/mol. The summed E-state index contributed by atoms with van der Waals surface area (Å²) in [4.78, 5) is 0. The number of nitrogens with one attached hydrogen (secondary N) is 4. The smallest absolute Gasteiger partial charge is 0.00772 e. The molecule has 0 heterocycles. The first-order valence-corrected chi connectivity index (χ1v) is 7.30. The Labute approximate surface area is 113 Å². The molecule has 6 N–H and O–H groups in total. The Balaban J connectivity index is 2.90. The fourth-order valence-electron chi connectivity index (χ4n) is 1.52. The van der Waals surface area contributed by atoms with Crippen molar-refractivity contribution in [2.24, 2.45) is 11.7 Å². The molecular formula is C13H33N5. The third-order valence-corrected chi connectivity index (χ3v) is 2.66. The molecule has 0 aliphatic rings. The molecule has 0 rings (SSSR count). The maximum atomic E-state index is 5.38. The van der Waals surface area contributed by atoms with Crippen LogP contribution in [-0.2, 0) is 0 Å². The summed E-state index contributed by atoms with van der Waals surface area (Å²) in [5, 5.41) is 13.5. The molecular weight excluding hydrogens is 226 g/mol. The van der Waals surface area contributed by atoms with E-state index in [1.165, 1.54) is 6.42 Å². The van der Waals surface area contributed by atoms with Gasteiger partial charge in [0.25, 0.3) is 0 Å². The van der Waals surface area contributed by atoms with Gasteiger partial charge in [0.15, 0.2) is 0 Å². The lowest BCUT2D eigenvalue weighted by molar-refractivity contribution is 0.523. The minimum absolute atomic E-state index is 0.714. The van der Waals surface area contributed by atoms with Gasteiger partial charge in [0.05, 0.1) is 0 Å². The van der Waals surface area contributed by atoms with Gasteiger partial charge in [-0.25, -0.2) is 0 Å². The molecule has 0 aromatic carbocycles. The molecule has 0 spiro atoms. The van der Waals surface area contributed by atoms with E-state index in [9.17, 15) is 0 Å². The Morgan fingerprint density at radius 1 is 0.667 bits per heavy atom. The molecule has 0 unspecified atom stereocenters. The maximum Gasteiger partial charge on any atom is 0.00772 e. The van der Waals surface area contributed by atoms with E-state index in [1.807, 2.05) is 0 Å². The Hall–Kier alpha value is -0.200. The van der Waals surface area contributed by atoms with Gasteiger partial charge in [0.1, 0.15) is 0 Å². The van der Waals surface area contributed by atoms with Gasteiger partial charge in [-0.2, -0.15) is 0 Å². The van der Waals surface area contributed by atoms with Crippen LogP contribution >= 0.6 is 0 Å². The van der Waals surface area contributed by atoms with Crippen LogP contribution in [-0.4, -0.2) is 58.9 Å². The van der Waals surface area contributed by atoms with E-state index in [1.54, 1.807) is 0 Å². The Bertz CT molecular complexity index is 152. The molecule has 0 aliphatic carbocycles. The van der Waals surface area contributed by atoms with E-state index < -0.39 is 0 Å². The molecule has 0 aliphatic heterocycles. The highest BCUT2D eigenvalue weighted by Crippen LogP contribution is 1.95. The van der Waals surface area contributed by atoms with Gasteiger partial charge >= 0.3 is 0 Å². The van der Waals surface area contributed by atoms with Gasteiger partial charge < -0.3 is 27.0 Å². The third kappa shape index (κ3) is 15.8. The molecule has 5 nitrogen and oxygen atoms in total. The molecule has 0 aromatic heterocycles. The number of rotatable bonds is 14. The van der Waals surface area contributed by atoms with Gasteiger partial charge in [-0.1, -0.05) is 13.8 Å². The van der Waals surface area contributed by atoms with Crippen LogP contribution in [0.4, 0.5) is 0 Å². The van der Waals surface area contributed by atoms with E-state index in [2.05, 4.69) is 35.1 Å². The van der Waals surface area contributed by atoms with Gasteiger partial charge in [0, 0.05) is 52.4 Å². The van der Waals surface area contributed by atoms with Crippen molar-refractivity contribution in [2.45, 2.75) is 20.3 Å². The van der Waals surface area contributed by atoms with Crippen molar-refractivity contribution in [3.05, 3.63) is 0 Å². The zero-order valence-corrected chi connectivity index (χ0v) is 12.2. The largest absolute Gasteiger partial charge is 0.329 e. The standard InChI is InChI=1S/C13H33N5/c1-13(2)3-5-15-7-9-17-11-12-18-10-8-16-6-4-14/h13,15-18H,3-12,14H2,1-2H3. The van der Waals surface area contributed by atoms with Crippen LogP contribution in [0.5, 0.6) is 0 Å². The van der Waals surface area contributed by atoms with Crippen molar-refractivity contribution >= 4 is 0 Å². The summed E-state index contributed by atoms with van der Waals surface area (Å²) in [6, 6.07) is 0. The van der Waals surface area contributed by atoms with Gasteiger partial charge in [0.2, 0.25) is 0 Å². The highest BCUT2D eigenvalue weighted by atomic mass is 15.0. The normalized spacial score (nSPS) is 11.3. The van der Waals surface area contributed by atoms with E-state index in [0.717, 1.165) is 58.3 Å². The van der Waals surface area contributed by atoms with Crippen LogP contribution in [0.25, 0.3) is 0 Å². The lowest BCUT2D eigenvalue weighted by Crippen LogP contribution is -2.36. The van der Waals surface area contributed by atoms with Crippen LogP contribution in [0.15, 0.2) is 0 Å². The van der Waals surface area contributed by atoms with Crippen LogP contribution < -0.4 is 27.0 Å². The van der Waals surface area contributed by atoms with E-state index in [0.29, 0.717) is 6.54 Å². The second kappa shape index (κ2) is 14.9. The molecule has 0 fully saturated rings. The lowest BCUT2D eigenvalue weighted by atomic mass is 10.1. The average Bonchev–Trinajstić information content (AvgIpc) is 2.34. The summed E-state index contributed by atoms with van der Waals surface area (Å²) in [5.74, 6) is 0.794. The molecule has 0 radical (unpaired) electrons. The monoisotopic (exact) mass is 259 g/mol. The summed E-state index contributed by atoms with van der Waals surface area (Å²) >= 11 is 0. The first kappa shape index (κ1) is 17.8. The molecule has 0 saturated heterocycles. The van der Waals surface area contributed by atoms with Crippen molar-refractivity contribution in [3.8, 4) is 0 Å². The fraction of sp³-hybridized carbons (Fsp3) is 1.00. The van der Waals surface area contributed by atoms with Crippen molar-refractivity contribution in [1.82, 2.24) is 21.3 Å². The summed E-state index contributed by atoms with van der Waals surface area (Å²) in [7, 11) is 0. The zero-order valence-electron chi connectivity index (χ0n) is 12.2. The first-order chi connectivity index (χ1) is 8.77. The minimum Gasteiger partial charge on any atom is -0.329 e. The summed E-state index contributed by atoms with van der Waals surface area (Å²) < 4.78 is 0. The molecule has 0 aromatic rings. The molecule has 18 heavy (non-hydrogen) atoms. The zero-order chi connectivity index (χ0) is 13.5. The number of hydrogen-bond donors (Lipinski definition) is 5. The van der Waals surface area contributed by atoms with E-state index in [4.69, 9.17) is 5.73 Å². The van der Waals surface area contributed by atoms with Crippen molar-refractivity contribution in [2.75, 3.05) is 58.9 Å². The Kier molecular flexibility index (Phi) is 14.7. The summed E-state index contributed by atoms with van der Waals surface area (Å²) in [6.07, 6.45) is 1.26. The molecule has 0 saturated carbocycles. The Morgan fingerprint density at radius 3 is 1.44 bits per heavy atom. The number of hydrogen-bond acceptors (Lipinski definition) is 5. The topological polar surface area (TPSA) is 74.1 Å². The van der Waals surface area contributed by atoms with E-state index in [-0.39, 0.29) is 0 Å². The first-order valence-electron chi connectivity index (χ1n) is 7.30. The van der Waals surface area contributed by atoms with E-state index >= 15 is 0 Å². The fourth-order valence-corrected chi connectivity index (χ4v) is 1.52. The highest BCUT2D eigenvalue weighted by molar-refractivity contribution is 4.57. The second-order valence-corrected chi connectivity index (χ2v) is 4.97. The van der Waals surface area contributed by atoms with Crippen molar-refractivity contribution in [1.29, 1.82) is 0 Å². The third-order valence-electron chi connectivity index (χ3n) is 2.66. The molecule has 5 heteroatoms. The summed E-state index contributed by atoms with van der Waals surface area (Å²) in [5.41, 5.74) is 5.38. The lowest BCUT2D eigenvalue weighted by Gasteiger charge is -2.09. The molecule has 0 amide bonds. The van der Waals surface area contributed by atoms with Crippen molar-refractivity contribution < 1.29 is 0 Å². The van der Waals surface area contributed by atoms with Gasteiger partial charge in [-0.15, -0.1) is 0 Å². The Morgan fingerprint density at radius 2 is 1.06 bits per heavy atom. The van der Waals surface area contributed by atoms with Gasteiger partial charge in [-0.3, -0.25) is 0 Å². The quantitative estimate of drug-likeness (QED) is 0.268. The predicted octanol–water partition coefficient (Wildman–Crippen LogP) is -0.650. The summed E-state index contributed by atoms with van der Waals surface area (Å²) in [6.45, 7) is 13.4. The SMILES string of the molecule is CC(C)CCNCCNCCNCCNCCN. The minimum atomic E-state index is 0.714. The highest BCUT2D eigenvalue weighted by Gasteiger charge is 1.93. The van der Waals surface area contributed by atoms with Crippen molar-refractivity contribution in [3.63, 3.8) is 0 Å². The molecule has 0 bridgehead atoms. The number of nitrogens with two attached hydrogens (primary N) is 1. The van der Waals surface area contributed by atoms with Crippen LogP contribution in [0, 0.1) is 5.92 Å². The van der Waals surface area contributed by atoms with Crippen LogP contribution in [0.1, 0.15) is 20.3 Å².